The Morgan fingerprint density at radius 2 is 2.18 bits per heavy atom. The van der Waals surface area contributed by atoms with E-state index in [2.05, 4.69) is 26.2 Å². The predicted molar refractivity (Wildman–Crippen MR) is 76.0 cm³/mol. The summed E-state index contributed by atoms with van der Waals surface area (Å²) in [7, 11) is 0. The summed E-state index contributed by atoms with van der Waals surface area (Å²) in [5.41, 5.74) is 3.18. The second-order valence-electron chi connectivity index (χ2n) is 3.78. The van der Waals surface area contributed by atoms with Gasteiger partial charge in [0.25, 0.3) is 0 Å². The minimum atomic E-state index is 0.516. The number of rotatable bonds is 3. The molecule has 0 saturated carbocycles. The smallest absolute Gasteiger partial charge is 0.133 e. The first-order chi connectivity index (χ1) is 8.19. The van der Waals surface area contributed by atoms with Gasteiger partial charge in [-0.2, -0.15) is 0 Å². The first kappa shape index (κ1) is 12.4. The highest BCUT2D eigenvalue weighted by Crippen LogP contribution is 2.22. The number of nitrogens with zero attached hydrogens (tertiary/aromatic N) is 1. The number of benzene rings is 1. The van der Waals surface area contributed by atoms with Gasteiger partial charge in [-0.3, -0.25) is 0 Å². The molecule has 0 spiro atoms. The van der Waals surface area contributed by atoms with Crippen LogP contribution in [-0.2, 0) is 5.88 Å². The second kappa shape index (κ2) is 5.52. The zero-order valence-electron chi connectivity index (χ0n) is 9.37. The molecule has 0 saturated heterocycles. The van der Waals surface area contributed by atoms with Crippen molar-refractivity contribution in [2.75, 3.05) is 5.32 Å². The van der Waals surface area contributed by atoms with Crippen LogP contribution < -0.4 is 5.32 Å². The minimum absolute atomic E-state index is 0.516. The van der Waals surface area contributed by atoms with Crippen molar-refractivity contribution in [2.24, 2.45) is 0 Å². The van der Waals surface area contributed by atoms with E-state index in [0.29, 0.717) is 5.88 Å². The fourth-order valence-electron chi connectivity index (χ4n) is 1.54. The van der Waals surface area contributed by atoms with Gasteiger partial charge in [0.1, 0.15) is 5.82 Å². The third-order valence-corrected chi connectivity index (χ3v) is 3.13. The molecule has 1 aromatic heterocycles. The standard InChI is InChI=1S/C13H12BrClN2/c1-9-5-11(14)8-16-13(9)17-12-4-2-3-10(6-12)7-15/h2-6,8H,7H2,1H3,(H,16,17). The molecule has 0 bridgehead atoms. The van der Waals surface area contributed by atoms with Crippen LogP contribution in [0.2, 0.25) is 0 Å². The Hall–Kier alpha value is -1.06. The van der Waals surface area contributed by atoms with Crippen molar-refractivity contribution < 1.29 is 0 Å². The van der Waals surface area contributed by atoms with Crippen molar-refractivity contribution in [3.8, 4) is 0 Å². The number of alkyl halides is 1. The highest BCUT2D eigenvalue weighted by Gasteiger charge is 2.01. The molecule has 17 heavy (non-hydrogen) atoms. The molecule has 2 nitrogen and oxygen atoms in total. The van der Waals surface area contributed by atoms with Gasteiger partial charge in [-0.15, -0.1) is 11.6 Å². The summed E-state index contributed by atoms with van der Waals surface area (Å²) in [6.45, 7) is 2.02. The van der Waals surface area contributed by atoms with Crippen molar-refractivity contribution in [2.45, 2.75) is 12.8 Å². The zero-order valence-corrected chi connectivity index (χ0v) is 11.7. The van der Waals surface area contributed by atoms with Gasteiger partial charge in [0, 0.05) is 22.2 Å². The molecule has 2 rings (SSSR count). The van der Waals surface area contributed by atoms with Crippen LogP contribution in [0.5, 0.6) is 0 Å². The lowest BCUT2D eigenvalue weighted by Crippen LogP contribution is -1.96. The monoisotopic (exact) mass is 310 g/mol. The summed E-state index contributed by atoms with van der Waals surface area (Å²) in [6, 6.07) is 10.0. The summed E-state index contributed by atoms with van der Waals surface area (Å²) >= 11 is 9.20. The summed E-state index contributed by atoms with van der Waals surface area (Å²) in [5.74, 6) is 1.38. The molecule has 1 N–H and O–H groups in total. The minimum Gasteiger partial charge on any atom is -0.340 e. The normalized spacial score (nSPS) is 10.3. The topological polar surface area (TPSA) is 24.9 Å². The van der Waals surface area contributed by atoms with Crippen molar-refractivity contribution in [1.29, 1.82) is 0 Å². The maximum atomic E-state index is 5.80. The van der Waals surface area contributed by atoms with Gasteiger partial charge >= 0.3 is 0 Å². The molecule has 0 atom stereocenters. The highest BCUT2D eigenvalue weighted by atomic mass is 79.9. The molecule has 0 aliphatic carbocycles. The molecular formula is C13H12BrClN2. The van der Waals surface area contributed by atoms with Crippen LogP contribution in [0.4, 0.5) is 11.5 Å². The number of hydrogen-bond donors (Lipinski definition) is 1. The fourth-order valence-corrected chi connectivity index (χ4v) is 2.15. The summed E-state index contributed by atoms with van der Waals surface area (Å²) in [5, 5.41) is 3.28. The van der Waals surface area contributed by atoms with E-state index in [1.165, 1.54) is 0 Å². The average Bonchev–Trinajstić information content (AvgIpc) is 2.33. The third kappa shape index (κ3) is 3.20. The van der Waals surface area contributed by atoms with Gasteiger partial charge in [0.2, 0.25) is 0 Å². The van der Waals surface area contributed by atoms with E-state index in [9.17, 15) is 0 Å². The Morgan fingerprint density at radius 1 is 1.35 bits per heavy atom. The Labute approximate surface area is 114 Å². The molecule has 0 unspecified atom stereocenters. The Balaban J connectivity index is 2.25. The van der Waals surface area contributed by atoms with Crippen LogP contribution in [-0.4, -0.2) is 4.98 Å². The maximum Gasteiger partial charge on any atom is 0.133 e. The van der Waals surface area contributed by atoms with Crippen molar-refractivity contribution >= 4 is 39.0 Å². The van der Waals surface area contributed by atoms with E-state index in [1.54, 1.807) is 6.20 Å². The van der Waals surface area contributed by atoms with Gasteiger partial charge in [0.05, 0.1) is 0 Å². The molecule has 1 heterocycles. The van der Waals surface area contributed by atoms with E-state index in [0.717, 1.165) is 27.1 Å². The Bertz CT molecular complexity index is 529. The third-order valence-electron chi connectivity index (χ3n) is 2.39. The lowest BCUT2D eigenvalue weighted by molar-refractivity contribution is 1.24. The highest BCUT2D eigenvalue weighted by molar-refractivity contribution is 9.10. The molecule has 1 aromatic carbocycles. The summed E-state index contributed by atoms with van der Waals surface area (Å²) in [6.07, 6.45) is 1.78. The SMILES string of the molecule is Cc1cc(Br)cnc1Nc1cccc(CCl)c1. The van der Waals surface area contributed by atoms with Crippen LogP contribution in [0, 0.1) is 6.92 Å². The van der Waals surface area contributed by atoms with E-state index in [4.69, 9.17) is 11.6 Å². The van der Waals surface area contributed by atoms with Crippen LogP contribution in [0.1, 0.15) is 11.1 Å². The Kier molecular flexibility index (Phi) is 4.02. The number of anilines is 2. The van der Waals surface area contributed by atoms with Crippen molar-refractivity contribution in [3.63, 3.8) is 0 Å². The first-order valence-electron chi connectivity index (χ1n) is 5.23. The van der Waals surface area contributed by atoms with Crippen molar-refractivity contribution in [1.82, 2.24) is 4.98 Å². The lowest BCUT2D eigenvalue weighted by atomic mass is 10.2. The predicted octanol–water partition coefficient (Wildman–Crippen LogP) is 4.63. The average molecular weight is 312 g/mol. The summed E-state index contributed by atoms with van der Waals surface area (Å²) in [4.78, 5) is 4.34. The molecule has 0 amide bonds. The number of aromatic nitrogens is 1. The number of aryl methyl sites for hydroxylation is 1. The van der Waals surface area contributed by atoms with E-state index in [-0.39, 0.29) is 0 Å². The number of pyridine rings is 1. The molecule has 4 heteroatoms. The lowest BCUT2D eigenvalue weighted by Gasteiger charge is -2.09. The van der Waals surface area contributed by atoms with Gasteiger partial charge < -0.3 is 5.32 Å². The van der Waals surface area contributed by atoms with Crippen LogP contribution >= 0.6 is 27.5 Å². The van der Waals surface area contributed by atoms with Gasteiger partial charge in [-0.05, 0) is 52.2 Å². The summed E-state index contributed by atoms with van der Waals surface area (Å²) < 4.78 is 0.982. The van der Waals surface area contributed by atoms with Crippen LogP contribution in [0.3, 0.4) is 0 Å². The van der Waals surface area contributed by atoms with E-state index < -0.39 is 0 Å². The van der Waals surface area contributed by atoms with Crippen molar-refractivity contribution in [3.05, 3.63) is 52.1 Å². The number of hydrogen-bond acceptors (Lipinski definition) is 2. The fraction of sp³-hybridized carbons (Fsp3) is 0.154. The second-order valence-corrected chi connectivity index (χ2v) is 4.96. The maximum absolute atomic E-state index is 5.80. The first-order valence-corrected chi connectivity index (χ1v) is 6.56. The van der Waals surface area contributed by atoms with Crippen LogP contribution in [0.25, 0.3) is 0 Å². The zero-order chi connectivity index (χ0) is 12.3. The molecular weight excluding hydrogens is 300 g/mol. The van der Waals surface area contributed by atoms with Gasteiger partial charge in [-0.1, -0.05) is 12.1 Å². The molecule has 0 aliphatic heterocycles. The quantitative estimate of drug-likeness (QED) is 0.836. The molecule has 0 fully saturated rings. The van der Waals surface area contributed by atoms with Gasteiger partial charge in [0.15, 0.2) is 0 Å². The number of halogens is 2. The molecule has 88 valence electrons. The van der Waals surface area contributed by atoms with Gasteiger partial charge in [-0.25, -0.2) is 4.98 Å². The molecule has 2 aromatic rings. The van der Waals surface area contributed by atoms with E-state index in [1.807, 2.05) is 37.3 Å². The number of nitrogens with one attached hydrogen (secondary N) is 1. The van der Waals surface area contributed by atoms with E-state index >= 15 is 0 Å². The van der Waals surface area contributed by atoms with Crippen LogP contribution in [0.15, 0.2) is 41.0 Å². The molecule has 0 radical (unpaired) electrons. The molecule has 0 aliphatic rings. The largest absolute Gasteiger partial charge is 0.340 e. The Morgan fingerprint density at radius 3 is 2.88 bits per heavy atom.